The Kier molecular flexibility index (Phi) is 6.45. The minimum Gasteiger partial charge on any atom is -0.497 e. The Hall–Kier alpha value is -3.11. The summed E-state index contributed by atoms with van der Waals surface area (Å²) in [7, 11) is 5.68. The molecule has 1 atom stereocenters. The molecule has 0 heterocycles. The molecular weight excluding hydrogens is 348 g/mol. The Morgan fingerprint density at radius 3 is 2.21 bits per heavy atom. The molecule has 0 saturated carbocycles. The number of amides is 1. The van der Waals surface area contributed by atoms with E-state index in [9.17, 15) is 4.79 Å². The van der Waals surface area contributed by atoms with Gasteiger partial charge in [-0.05, 0) is 49.0 Å². The topological polar surface area (TPSA) is 41.6 Å². The van der Waals surface area contributed by atoms with E-state index in [0.29, 0.717) is 12.1 Å². The first-order valence-corrected chi connectivity index (χ1v) is 9.33. The molecule has 0 aliphatic rings. The van der Waals surface area contributed by atoms with Crippen molar-refractivity contribution in [2.45, 2.75) is 6.04 Å². The van der Waals surface area contributed by atoms with Crippen LogP contribution in [0.15, 0.2) is 78.9 Å². The van der Waals surface area contributed by atoms with Gasteiger partial charge in [-0.1, -0.05) is 60.7 Å². The number of benzene rings is 3. The summed E-state index contributed by atoms with van der Waals surface area (Å²) in [5.74, 6) is 0.752. The number of carbonyl (C=O) groups is 1. The summed E-state index contributed by atoms with van der Waals surface area (Å²) in [6.45, 7) is 0.515. The zero-order valence-electron chi connectivity index (χ0n) is 16.6. The maximum absolute atomic E-state index is 12.9. The van der Waals surface area contributed by atoms with Crippen molar-refractivity contribution < 1.29 is 9.53 Å². The smallest absolute Gasteiger partial charge is 0.251 e. The van der Waals surface area contributed by atoms with Gasteiger partial charge in [-0.2, -0.15) is 0 Å². The molecule has 3 rings (SSSR count). The average molecular weight is 374 g/mol. The van der Waals surface area contributed by atoms with Crippen LogP contribution < -0.4 is 10.1 Å². The molecule has 1 amide bonds. The highest BCUT2D eigenvalue weighted by Crippen LogP contribution is 2.24. The monoisotopic (exact) mass is 374 g/mol. The molecule has 0 aliphatic heterocycles. The second-order valence-electron chi connectivity index (χ2n) is 6.87. The molecule has 4 nitrogen and oxygen atoms in total. The van der Waals surface area contributed by atoms with Gasteiger partial charge in [0.25, 0.3) is 5.91 Å². The molecule has 0 saturated heterocycles. The maximum atomic E-state index is 12.9. The van der Waals surface area contributed by atoms with Gasteiger partial charge < -0.3 is 15.0 Å². The molecule has 0 aliphatic carbocycles. The van der Waals surface area contributed by atoms with Crippen LogP contribution in [-0.2, 0) is 0 Å². The van der Waals surface area contributed by atoms with Crippen LogP contribution in [0.4, 0.5) is 0 Å². The van der Waals surface area contributed by atoms with Crippen LogP contribution in [0.1, 0.15) is 22.0 Å². The first-order chi connectivity index (χ1) is 13.6. The first-order valence-electron chi connectivity index (χ1n) is 9.33. The molecular formula is C24H26N2O2. The Balaban J connectivity index is 1.77. The van der Waals surface area contributed by atoms with Gasteiger partial charge in [-0.15, -0.1) is 0 Å². The third-order valence-corrected chi connectivity index (χ3v) is 4.84. The van der Waals surface area contributed by atoms with Crippen molar-refractivity contribution in [1.29, 1.82) is 0 Å². The van der Waals surface area contributed by atoms with Gasteiger partial charge in [0.15, 0.2) is 0 Å². The number of ether oxygens (including phenoxy) is 1. The molecule has 1 unspecified atom stereocenters. The number of nitrogens with zero attached hydrogens (tertiary/aromatic N) is 1. The summed E-state index contributed by atoms with van der Waals surface area (Å²) in [4.78, 5) is 15.1. The van der Waals surface area contributed by atoms with E-state index in [0.717, 1.165) is 22.4 Å². The van der Waals surface area contributed by atoms with Crippen LogP contribution in [0.3, 0.4) is 0 Å². The lowest BCUT2D eigenvalue weighted by Crippen LogP contribution is -2.34. The fourth-order valence-corrected chi connectivity index (χ4v) is 3.26. The van der Waals surface area contributed by atoms with E-state index in [1.54, 1.807) is 7.11 Å². The molecule has 4 heteroatoms. The minimum atomic E-state index is -0.0696. The quantitative estimate of drug-likeness (QED) is 0.667. The zero-order valence-corrected chi connectivity index (χ0v) is 16.6. The van der Waals surface area contributed by atoms with Gasteiger partial charge in [0.1, 0.15) is 5.75 Å². The van der Waals surface area contributed by atoms with E-state index in [1.807, 2.05) is 93.0 Å². The summed E-state index contributed by atoms with van der Waals surface area (Å²) >= 11 is 0. The summed E-state index contributed by atoms with van der Waals surface area (Å²) in [6, 6.07) is 25.7. The van der Waals surface area contributed by atoms with Gasteiger partial charge >= 0.3 is 0 Å². The van der Waals surface area contributed by atoms with Crippen LogP contribution in [0.2, 0.25) is 0 Å². The summed E-state index contributed by atoms with van der Waals surface area (Å²) in [5, 5.41) is 3.11. The lowest BCUT2D eigenvalue weighted by atomic mass is 9.99. The van der Waals surface area contributed by atoms with Crippen LogP contribution in [-0.4, -0.2) is 38.6 Å². The second kappa shape index (κ2) is 9.20. The standard InChI is InChI=1S/C24H26N2O2/c1-26(2)23(19-13-15-20(28-3)16-14-19)17-25-24(27)22-12-8-7-11-21(22)18-9-5-4-6-10-18/h4-16,23H,17H2,1-3H3,(H,25,27). The molecule has 0 bridgehead atoms. The average Bonchev–Trinajstić information content (AvgIpc) is 2.74. The number of likely N-dealkylation sites (N-methyl/N-ethyl adjacent to an activating group) is 1. The van der Waals surface area contributed by atoms with Crippen molar-refractivity contribution in [3.8, 4) is 16.9 Å². The molecule has 3 aromatic carbocycles. The first kappa shape index (κ1) is 19.6. The summed E-state index contributed by atoms with van der Waals surface area (Å²) in [5.41, 5.74) is 3.78. The minimum absolute atomic E-state index is 0.0683. The number of hydrogen-bond acceptors (Lipinski definition) is 3. The molecule has 1 N–H and O–H groups in total. The second-order valence-corrected chi connectivity index (χ2v) is 6.87. The van der Waals surface area contributed by atoms with Crippen LogP contribution in [0, 0.1) is 0 Å². The number of hydrogen-bond donors (Lipinski definition) is 1. The van der Waals surface area contributed by atoms with Crippen molar-refractivity contribution in [1.82, 2.24) is 10.2 Å². The molecule has 144 valence electrons. The van der Waals surface area contributed by atoms with Gasteiger partial charge in [0.2, 0.25) is 0 Å². The number of nitrogens with one attached hydrogen (secondary N) is 1. The van der Waals surface area contributed by atoms with Crippen molar-refractivity contribution in [2.24, 2.45) is 0 Å². The molecule has 0 fully saturated rings. The van der Waals surface area contributed by atoms with Crippen molar-refractivity contribution in [3.05, 3.63) is 90.0 Å². The SMILES string of the molecule is COc1ccc(C(CNC(=O)c2ccccc2-c2ccccc2)N(C)C)cc1. The third kappa shape index (κ3) is 4.59. The molecule has 0 aromatic heterocycles. The number of methoxy groups -OCH3 is 1. The Morgan fingerprint density at radius 2 is 1.57 bits per heavy atom. The van der Waals surface area contributed by atoms with Gasteiger partial charge in [-0.3, -0.25) is 4.79 Å². The Morgan fingerprint density at radius 1 is 0.929 bits per heavy atom. The molecule has 28 heavy (non-hydrogen) atoms. The summed E-state index contributed by atoms with van der Waals surface area (Å²) < 4.78 is 5.24. The third-order valence-electron chi connectivity index (χ3n) is 4.84. The number of rotatable bonds is 7. The highest BCUT2D eigenvalue weighted by Gasteiger charge is 2.17. The Labute approximate surface area is 166 Å². The Bertz CT molecular complexity index is 905. The largest absolute Gasteiger partial charge is 0.497 e. The summed E-state index contributed by atoms with van der Waals surface area (Å²) in [6.07, 6.45) is 0. The molecule has 0 radical (unpaired) electrons. The fourth-order valence-electron chi connectivity index (χ4n) is 3.26. The van der Waals surface area contributed by atoms with E-state index >= 15 is 0 Å². The van der Waals surface area contributed by atoms with E-state index in [2.05, 4.69) is 10.2 Å². The van der Waals surface area contributed by atoms with Crippen molar-refractivity contribution >= 4 is 5.91 Å². The zero-order chi connectivity index (χ0) is 19.9. The lowest BCUT2D eigenvalue weighted by molar-refractivity contribution is 0.0942. The van der Waals surface area contributed by atoms with Crippen molar-refractivity contribution in [3.63, 3.8) is 0 Å². The predicted molar refractivity (Wildman–Crippen MR) is 114 cm³/mol. The van der Waals surface area contributed by atoms with Gasteiger partial charge in [0.05, 0.1) is 13.2 Å². The van der Waals surface area contributed by atoms with Crippen LogP contribution >= 0.6 is 0 Å². The fraction of sp³-hybridized carbons (Fsp3) is 0.208. The van der Waals surface area contributed by atoms with E-state index in [4.69, 9.17) is 4.74 Å². The van der Waals surface area contributed by atoms with E-state index in [1.165, 1.54) is 0 Å². The molecule has 3 aromatic rings. The van der Waals surface area contributed by atoms with Gasteiger partial charge in [-0.25, -0.2) is 0 Å². The predicted octanol–water partition coefficient (Wildman–Crippen LogP) is 4.39. The highest BCUT2D eigenvalue weighted by atomic mass is 16.5. The van der Waals surface area contributed by atoms with Gasteiger partial charge in [0, 0.05) is 12.1 Å². The van der Waals surface area contributed by atoms with Crippen LogP contribution in [0.25, 0.3) is 11.1 Å². The van der Waals surface area contributed by atoms with Crippen molar-refractivity contribution in [2.75, 3.05) is 27.7 Å². The molecule has 0 spiro atoms. The van der Waals surface area contributed by atoms with Crippen LogP contribution in [0.5, 0.6) is 5.75 Å². The highest BCUT2D eigenvalue weighted by molar-refractivity contribution is 6.00. The number of carbonyl (C=O) groups excluding carboxylic acids is 1. The lowest BCUT2D eigenvalue weighted by Gasteiger charge is -2.25. The normalized spacial score (nSPS) is 11.9. The van der Waals surface area contributed by atoms with E-state index < -0.39 is 0 Å². The maximum Gasteiger partial charge on any atom is 0.251 e. The van der Waals surface area contributed by atoms with E-state index in [-0.39, 0.29) is 11.9 Å².